The second kappa shape index (κ2) is 6.12. The Labute approximate surface area is 140 Å². The topological polar surface area (TPSA) is 106 Å². The van der Waals surface area contributed by atoms with Crippen molar-refractivity contribution in [2.75, 3.05) is 4.72 Å². The van der Waals surface area contributed by atoms with Crippen LogP contribution in [0.25, 0.3) is 0 Å². The van der Waals surface area contributed by atoms with Crippen LogP contribution in [-0.4, -0.2) is 16.8 Å². The third-order valence-corrected chi connectivity index (χ3v) is 6.04. The average molecular weight is 375 g/mol. The smallest absolute Gasteiger partial charge is 0.263 e. The van der Waals surface area contributed by atoms with Gasteiger partial charge in [-0.1, -0.05) is 23.7 Å². The predicted molar refractivity (Wildman–Crippen MR) is 89.5 cm³/mol. The molecule has 0 spiro atoms. The van der Waals surface area contributed by atoms with E-state index in [1.165, 1.54) is 30.3 Å². The first kappa shape index (κ1) is 17.7. The molecule has 0 heterocycles. The highest BCUT2D eigenvalue weighted by Gasteiger charge is 2.19. The predicted octanol–water partition coefficient (Wildman–Crippen LogP) is 2.41. The van der Waals surface area contributed by atoms with Crippen molar-refractivity contribution in [3.05, 3.63) is 52.5 Å². The second-order valence-electron chi connectivity index (χ2n) is 5.06. The van der Waals surface area contributed by atoms with Crippen molar-refractivity contribution in [1.82, 2.24) is 0 Å². The first-order chi connectivity index (χ1) is 10.5. The molecule has 0 aliphatic rings. The molecule has 23 heavy (non-hydrogen) atoms. The molecular weight excluding hydrogens is 360 g/mol. The Morgan fingerprint density at radius 1 is 0.957 bits per heavy atom. The summed E-state index contributed by atoms with van der Waals surface area (Å²) in [6, 6.07) is 8.61. The number of nitrogens with one attached hydrogen (secondary N) is 1. The van der Waals surface area contributed by atoms with Crippen LogP contribution in [0.5, 0.6) is 0 Å². The lowest BCUT2D eigenvalue weighted by molar-refractivity contribution is 0.596. The summed E-state index contributed by atoms with van der Waals surface area (Å²) in [5, 5.41) is 5.20. The maximum Gasteiger partial charge on any atom is 0.263 e. The summed E-state index contributed by atoms with van der Waals surface area (Å²) in [5.41, 5.74) is 1.32. The number of sulfonamides is 2. The minimum atomic E-state index is -3.95. The lowest BCUT2D eigenvalue weighted by Gasteiger charge is -2.12. The molecular formula is C14H15ClN2O4S2. The van der Waals surface area contributed by atoms with Crippen molar-refractivity contribution in [2.45, 2.75) is 23.6 Å². The SMILES string of the molecule is Cc1ccc(S(=O)(=O)Nc2ccc(C)c(S(N)(=O)=O)c2)c(Cl)c1. The molecule has 6 nitrogen and oxygen atoms in total. The molecule has 0 fully saturated rings. The van der Waals surface area contributed by atoms with Gasteiger partial charge in [-0.05, 0) is 49.2 Å². The number of aryl methyl sites for hydroxylation is 2. The van der Waals surface area contributed by atoms with Crippen LogP contribution in [0, 0.1) is 13.8 Å². The van der Waals surface area contributed by atoms with Gasteiger partial charge in [-0.25, -0.2) is 22.0 Å². The summed E-state index contributed by atoms with van der Waals surface area (Å²) in [4.78, 5) is -0.241. The van der Waals surface area contributed by atoms with E-state index in [1.807, 2.05) is 0 Å². The number of primary sulfonamides is 1. The molecule has 0 aliphatic carbocycles. The number of halogens is 1. The molecule has 0 aliphatic heterocycles. The summed E-state index contributed by atoms with van der Waals surface area (Å²) >= 11 is 5.97. The molecule has 0 saturated carbocycles. The van der Waals surface area contributed by atoms with Crippen LogP contribution in [0.1, 0.15) is 11.1 Å². The van der Waals surface area contributed by atoms with Gasteiger partial charge < -0.3 is 0 Å². The fourth-order valence-electron chi connectivity index (χ4n) is 2.00. The molecule has 0 unspecified atom stereocenters. The normalized spacial score (nSPS) is 12.2. The van der Waals surface area contributed by atoms with Crippen LogP contribution in [0.15, 0.2) is 46.2 Å². The number of benzene rings is 2. The number of rotatable bonds is 4. The van der Waals surface area contributed by atoms with Crippen molar-refractivity contribution in [1.29, 1.82) is 0 Å². The fraction of sp³-hybridized carbons (Fsp3) is 0.143. The molecule has 0 amide bonds. The van der Waals surface area contributed by atoms with Crippen molar-refractivity contribution in [3.63, 3.8) is 0 Å². The second-order valence-corrected chi connectivity index (χ2v) is 8.65. The van der Waals surface area contributed by atoms with E-state index in [-0.39, 0.29) is 20.5 Å². The Kier molecular flexibility index (Phi) is 4.72. The first-order valence-electron chi connectivity index (χ1n) is 6.43. The zero-order valence-electron chi connectivity index (χ0n) is 12.4. The molecule has 2 aromatic rings. The Balaban J connectivity index is 2.46. The Hall–Kier alpha value is -1.61. The maximum absolute atomic E-state index is 12.4. The van der Waals surface area contributed by atoms with E-state index in [1.54, 1.807) is 19.9 Å². The first-order valence-corrected chi connectivity index (χ1v) is 9.84. The molecule has 9 heteroatoms. The minimum Gasteiger partial charge on any atom is -0.280 e. The van der Waals surface area contributed by atoms with Gasteiger partial charge in [0.15, 0.2) is 0 Å². The third kappa shape index (κ3) is 4.03. The Bertz CT molecular complexity index is 970. The number of nitrogens with two attached hydrogens (primary N) is 1. The monoisotopic (exact) mass is 374 g/mol. The number of hydrogen-bond donors (Lipinski definition) is 2. The highest BCUT2D eigenvalue weighted by Crippen LogP contribution is 2.26. The van der Waals surface area contributed by atoms with E-state index in [4.69, 9.17) is 16.7 Å². The van der Waals surface area contributed by atoms with Crippen LogP contribution < -0.4 is 9.86 Å². The van der Waals surface area contributed by atoms with E-state index >= 15 is 0 Å². The largest absolute Gasteiger partial charge is 0.280 e. The molecule has 0 radical (unpaired) electrons. The number of hydrogen-bond acceptors (Lipinski definition) is 4. The zero-order valence-corrected chi connectivity index (χ0v) is 14.8. The molecule has 2 aromatic carbocycles. The van der Waals surface area contributed by atoms with Crippen molar-refractivity contribution in [3.8, 4) is 0 Å². The van der Waals surface area contributed by atoms with Crippen molar-refractivity contribution >= 4 is 37.3 Å². The summed E-state index contributed by atoms with van der Waals surface area (Å²) < 4.78 is 50.1. The minimum absolute atomic E-state index is 0.0799. The van der Waals surface area contributed by atoms with Gasteiger partial charge in [0, 0.05) is 0 Å². The molecule has 0 saturated heterocycles. The van der Waals surface area contributed by atoms with Crippen molar-refractivity contribution in [2.24, 2.45) is 5.14 Å². The van der Waals surface area contributed by atoms with E-state index in [0.717, 1.165) is 5.56 Å². The van der Waals surface area contributed by atoms with Crippen LogP contribution in [0.2, 0.25) is 5.02 Å². The van der Waals surface area contributed by atoms with Crippen LogP contribution in [0.3, 0.4) is 0 Å². The van der Waals surface area contributed by atoms with Gasteiger partial charge in [-0.3, -0.25) is 4.72 Å². The molecule has 0 aromatic heterocycles. The Morgan fingerprint density at radius 3 is 2.17 bits per heavy atom. The van der Waals surface area contributed by atoms with Crippen LogP contribution in [0.4, 0.5) is 5.69 Å². The average Bonchev–Trinajstić information content (AvgIpc) is 2.39. The zero-order chi connectivity index (χ0) is 17.4. The molecule has 124 valence electrons. The van der Waals surface area contributed by atoms with Crippen LogP contribution in [-0.2, 0) is 20.0 Å². The molecule has 2 rings (SSSR count). The van der Waals surface area contributed by atoms with E-state index in [9.17, 15) is 16.8 Å². The van der Waals surface area contributed by atoms with Crippen LogP contribution >= 0.6 is 11.6 Å². The molecule has 3 N–H and O–H groups in total. The van der Waals surface area contributed by atoms with Gasteiger partial charge in [0.2, 0.25) is 10.0 Å². The van der Waals surface area contributed by atoms with Crippen molar-refractivity contribution < 1.29 is 16.8 Å². The van der Waals surface area contributed by atoms with E-state index < -0.39 is 20.0 Å². The lowest BCUT2D eigenvalue weighted by atomic mass is 10.2. The highest BCUT2D eigenvalue weighted by molar-refractivity contribution is 7.92. The number of anilines is 1. The summed E-state index contributed by atoms with van der Waals surface area (Å²) in [6.07, 6.45) is 0. The van der Waals surface area contributed by atoms with Gasteiger partial charge in [0.1, 0.15) is 4.90 Å². The van der Waals surface area contributed by atoms with Gasteiger partial charge >= 0.3 is 0 Å². The van der Waals surface area contributed by atoms with Gasteiger partial charge in [0.25, 0.3) is 10.0 Å². The fourth-order valence-corrected chi connectivity index (χ4v) is 4.46. The lowest BCUT2D eigenvalue weighted by Crippen LogP contribution is -2.16. The van der Waals surface area contributed by atoms with Gasteiger partial charge in [0.05, 0.1) is 15.6 Å². The summed E-state index contributed by atoms with van der Waals surface area (Å²) in [7, 11) is -7.90. The van der Waals surface area contributed by atoms with E-state index in [2.05, 4.69) is 4.72 Å². The van der Waals surface area contributed by atoms with Gasteiger partial charge in [-0.15, -0.1) is 0 Å². The third-order valence-electron chi connectivity index (χ3n) is 3.12. The van der Waals surface area contributed by atoms with E-state index in [0.29, 0.717) is 5.56 Å². The van der Waals surface area contributed by atoms with Gasteiger partial charge in [-0.2, -0.15) is 0 Å². The highest BCUT2D eigenvalue weighted by atomic mass is 35.5. The molecule has 0 atom stereocenters. The standard InChI is InChI=1S/C14H15ClN2O4S2/c1-9-3-6-13(12(15)7-9)23(20,21)17-11-5-4-10(2)14(8-11)22(16,18)19/h3-8,17H,1-2H3,(H2,16,18,19). The quantitative estimate of drug-likeness (QED) is 0.856. The summed E-state index contributed by atoms with van der Waals surface area (Å²) in [6.45, 7) is 3.35. The maximum atomic E-state index is 12.4. The summed E-state index contributed by atoms with van der Waals surface area (Å²) in [5.74, 6) is 0. The molecule has 0 bridgehead atoms. The Morgan fingerprint density at radius 2 is 1.61 bits per heavy atom.